The number of benzene rings is 1. The summed E-state index contributed by atoms with van der Waals surface area (Å²) >= 11 is 16.6. The molecule has 0 amide bonds. The van der Waals surface area contributed by atoms with Gasteiger partial charge in [-0.1, -0.05) is 23.2 Å². The first-order chi connectivity index (χ1) is 18.7. The number of nitrogens with zero attached hydrogens (tertiary/aromatic N) is 4. The summed E-state index contributed by atoms with van der Waals surface area (Å²) in [5.74, 6) is 0.127. The standard InChI is InChI=1S/C25H26Cl2F3N6O.CH3Cl/c26-16-1-3-20-18(13-16)17-5-7-36(8-6-31-22-4-2-19(27)24(33-22)25(28,29)30)21(23(17)32-20)14-35-10-9-34(15-35)11-12-37;1-2/h1-4,9-10,13,15,21,32,37H,5-8,11-12,14H2,(H,31,33);1H3/q+1;. The van der Waals surface area contributed by atoms with Gasteiger partial charge in [0.05, 0.1) is 17.7 Å². The van der Waals surface area contributed by atoms with Gasteiger partial charge in [-0.15, -0.1) is 11.6 Å². The summed E-state index contributed by atoms with van der Waals surface area (Å²) in [5.41, 5.74) is 2.26. The number of nitrogens with one attached hydrogen (secondary N) is 2. The Morgan fingerprint density at radius 1 is 1.18 bits per heavy atom. The Morgan fingerprint density at radius 2 is 1.97 bits per heavy atom. The van der Waals surface area contributed by atoms with E-state index in [1.165, 1.54) is 24.1 Å². The average Bonchev–Trinajstić information content (AvgIpc) is 3.51. The highest BCUT2D eigenvalue weighted by Gasteiger charge is 2.36. The molecule has 0 aliphatic carbocycles. The highest BCUT2D eigenvalue weighted by Crippen LogP contribution is 2.36. The number of imidazole rings is 1. The first-order valence-corrected chi connectivity index (χ1v) is 13.8. The third kappa shape index (κ3) is 6.81. The van der Waals surface area contributed by atoms with Crippen molar-refractivity contribution in [1.82, 2.24) is 19.4 Å². The number of anilines is 1. The van der Waals surface area contributed by atoms with Crippen LogP contribution in [0.3, 0.4) is 0 Å². The second kappa shape index (κ2) is 12.8. The molecule has 0 spiro atoms. The molecule has 210 valence electrons. The number of pyridine rings is 1. The van der Waals surface area contributed by atoms with E-state index in [9.17, 15) is 18.3 Å². The van der Waals surface area contributed by atoms with Gasteiger partial charge in [0.1, 0.15) is 31.3 Å². The topological polar surface area (TPSA) is 73.0 Å². The van der Waals surface area contributed by atoms with E-state index >= 15 is 0 Å². The van der Waals surface area contributed by atoms with Crippen molar-refractivity contribution in [3.05, 3.63) is 76.0 Å². The van der Waals surface area contributed by atoms with Crippen LogP contribution in [-0.4, -0.2) is 57.2 Å². The molecular formula is C26H29Cl3F3N6O+. The molecule has 5 rings (SSSR count). The summed E-state index contributed by atoms with van der Waals surface area (Å²) in [4.78, 5) is 9.56. The van der Waals surface area contributed by atoms with Crippen molar-refractivity contribution >= 4 is 51.5 Å². The minimum absolute atomic E-state index is 0.00406. The number of rotatable bonds is 8. The molecule has 1 aromatic carbocycles. The summed E-state index contributed by atoms with van der Waals surface area (Å²) in [7, 11) is 0. The lowest BCUT2D eigenvalue weighted by molar-refractivity contribution is -0.702. The molecule has 3 aromatic heterocycles. The summed E-state index contributed by atoms with van der Waals surface area (Å²) in [6.07, 6.45) is 3.51. The molecular weight excluding hydrogens is 576 g/mol. The third-order valence-electron chi connectivity index (χ3n) is 6.63. The Bertz CT molecular complexity index is 1410. The van der Waals surface area contributed by atoms with Crippen molar-refractivity contribution in [1.29, 1.82) is 0 Å². The highest BCUT2D eigenvalue weighted by atomic mass is 35.5. The smallest absolute Gasteiger partial charge is 0.392 e. The summed E-state index contributed by atoms with van der Waals surface area (Å²) < 4.78 is 43.6. The van der Waals surface area contributed by atoms with Crippen molar-refractivity contribution in [2.75, 3.05) is 37.9 Å². The fourth-order valence-corrected chi connectivity index (χ4v) is 5.31. The van der Waals surface area contributed by atoms with Crippen molar-refractivity contribution in [2.24, 2.45) is 0 Å². The maximum atomic E-state index is 13.2. The third-order valence-corrected chi connectivity index (χ3v) is 7.17. The molecule has 4 aromatic rings. The molecule has 0 fully saturated rings. The molecule has 7 nitrogen and oxygen atoms in total. The summed E-state index contributed by atoms with van der Waals surface area (Å²) in [5, 5.41) is 13.6. The molecule has 1 aliphatic heterocycles. The number of aromatic amines is 1. The zero-order chi connectivity index (χ0) is 28.2. The molecule has 39 heavy (non-hydrogen) atoms. The van der Waals surface area contributed by atoms with Gasteiger partial charge in [0.2, 0.25) is 6.33 Å². The van der Waals surface area contributed by atoms with E-state index in [1.807, 2.05) is 41.5 Å². The molecule has 13 heteroatoms. The predicted molar refractivity (Wildman–Crippen MR) is 148 cm³/mol. The summed E-state index contributed by atoms with van der Waals surface area (Å²) in [6.45, 7) is 2.98. The van der Waals surface area contributed by atoms with Gasteiger partial charge in [0.25, 0.3) is 0 Å². The zero-order valence-electron chi connectivity index (χ0n) is 21.1. The van der Waals surface area contributed by atoms with Crippen molar-refractivity contribution in [3.63, 3.8) is 0 Å². The fourth-order valence-electron chi connectivity index (χ4n) is 4.92. The van der Waals surface area contributed by atoms with E-state index in [4.69, 9.17) is 23.2 Å². The number of H-pyrrole nitrogens is 1. The SMILES string of the molecule is CCl.OCCn1cc[n+](CC2c3[nH]c4ccc(Cl)cc4c3CCN2CCNc2ccc(Cl)c(C(F)(F)F)n2)c1. The monoisotopic (exact) mass is 603 g/mol. The van der Waals surface area contributed by atoms with Gasteiger partial charge >= 0.3 is 6.18 Å². The van der Waals surface area contributed by atoms with Gasteiger partial charge < -0.3 is 15.4 Å². The molecule has 4 heterocycles. The highest BCUT2D eigenvalue weighted by molar-refractivity contribution is 6.31. The van der Waals surface area contributed by atoms with E-state index < -0.39 is 16.9 Å². The lowest BCUT2D eigenvalue weighted by Crippen LogP contribution is -2.46. The first-order valence-electron chi connectivity index (χ1n) is 12.3. The first kappa shape index (κ1) is 29.5. The second-order valence-corrected chi connectivity index (χ2v) is 9.88. The Balaban J connectivity index is 0.00000172. The van der Waals surface area contributed by atoms with Gasteiger partial charge in [-0.2, -0.15) is 13.2 Å². The second-order valence-electron chi connectivity index (χ2n) is 9.03. The molecule has 1 unspecified atom stereocenters. The normalized spacial score (nSPS) is 15.6. The van der Waals surface area contributed by atoms with Crippen molar-refractivity contribution < 1.29 is 22.8 Å². The van der Waals surface area contributed by atoms with E-state index in [1.54, 1.807) is 0 Å². The van der Waals surface area contributed by atoms with Crippen LogP contribution < -0.4 is 9.88 Å². The number of hydrogen-bond acceptors (Lipinski definition) is 4. The van der Waals surface area contributed by atoms with Crippen LogP contribution >= 0.6 is 34.8 Å². The maximum absolute atomic E-state index is 13.2. The van der Waals surface area contributed by atoms with Gasteiger partial charge in [-0.05, 0) is 42.3 Å². The largest absolute Gasteiger partial charge is 0.434 e. The molecule has 0 saturated carbocycles. The molecule has 3 N–H and O–H groups in total. The van der Waals surface area contributed by atoms with Crippen LogP contribution in [0.5, 0.6) is 0 Å². The van der Waals surface area contributed by atoms with Gasteiger partial charge in [0, 0.05) is 47.6 Å². The van der Waals surface area contributed by atoms with E-state index in [0.717, 1.165) is 29.6 Å². The number of aliphatic hydroxyl groups is 1. The Kier molecular flexibility index (Phi) is 9.66. The van der Waals surface area contributed by atoms with Crippen LogP contribution in [0.2, 0.25) is 10.0 Å². The lowest BCUT2D eigenvalue weighted by Gasteiger charge is -2.35. The Labute approximate surface area is 239 Å². The minimum Gasteiger partial charge on any atom is -0.392 e. The van der Waals surface area contributed by atoms with Gasteiger partial charge in [-0.3, -0.25) is 4.90 Å². The maximum Gasteiger partial charge on any atom is 0.434 e. The average molecular weight is 605 g/mol. The Morgan fingerprint density at radius 3 is 2.72 bits per heavy atom. The van der Waals surface area contributed by atoms with Crippen LogP contribution in [0.25, 0.3) is 10.9 Å². The lowest BCUT2D eigenvalue weighted by atomic mass is 9.97. The van der Waals surface area contributed by atoms with E-state index in [-0.39, 0.29) is 18.5 Å². The van der Waals surface area contributed by atoms with Crippen molar-refractivity contribution in [3.8, 4) is 0 Å². The molecule has 0 radical (unpaired) electrons. The number of halogens is 6. The molecule has 0 bridgehead atoms. The molecule has 1 aliphatic rings. The van der Waals surface area contributed by atoms with Crippen LogP contribution in [0, 0.1) is 0 Å². The Hall–Kier alpha value is -2.50. The minimum atomic E-state index is -4.62. The fraction of sp³-hybridized carbons (Fsp3) is 0.385. The van der Waals surface area contributed by atoms with E-state index in [2.05, 4.69) is 36.4 Å². The number of alkyl halides is 4. The number of fused-ring (bicyclic) bond motifs is 3. The van der Waals surface area contributed by atoms with Gasteiger partial charge in [-0.25, -0.2) is 14.1 Å². The number of aromatic nitrogens is 4. The van der Waals surface area contributed by atoms with Crippen molar-refractivity contribution in [2.45, 2.75) is 31.7 Å². The van der Waals surface area contributed by atoms with Crippen LogP contribution in [0.1, 0.15) is 23.0 Å². The molecule has 1 atom stereocenters. The quantitative estimate of drug-likeness (QED) is 0.183. The van der Waals surface area contributed by atoms with E-state index in [0.29, 0.717) is 31.2 Å². The van der Waals surface area contributed by atoms with Crippen LogP contribution in [0.15, 0.2) is 49.1 Å². The number of hydrogen-bond donors (Lipinski definition) is 3. The number of aliphatic hydroxyl groups excluding tert-OH is 1. The van der Waals surface area contributed by atoms with Crippen LogP contribution in [-0.2, 0) is 25.7 Å². The van der Waals surface area contributed by atoms with Crippen LogP contribution in [0.4, 0.5) is 19.0 Å². The molecule has 0 saturated heterocycles. The summed E-state index contributed by atoms with van der Waals surface area (Å²) in [6, 6.07) is 8.48. The predicted octanol–water partition coefficient (Wildman–Crippen LogP) is 5.54. The zero-order valence-corrected chi connectivity index (χ0v) is 23.4. The van der Waals surface area contributed by atoms with Gasteiger partial charge in [0.15, 0.2) is 5.69 Å².